The van der Waals surface area contributed by atoms with Crippen molar-refractivity contribution in [2.75, 3.05) is 6.54 Å². The molecule has 25 heavy (non-hydrogen) atoms. The molecule has 2 aromatic carbocycles. The van der Waals surface area contributed by atoms with Crippen LogP contribution < -0.4 is 5.32 Å². The number of nitrogens with zero attached hydrogens (tertiary/aromatic N) is 2. The van der Waals surface area contributed by atoms with Gasteiger partial charge in [-0.05, 0) is 43.0 Å². The maximum Gasteiger partial charge on any atom is 0.221 e. The van der Waals surface area contributed by atoms with Crippen molar-refractivity contribution in [2.45, 2.75) is 32.7 Å². The predicted molar refractivity (Wildman–Crippen MR) is 96.8 cm³/mol. The largest absolute Gasteiger partial charge is 0.356 e. The first kappa shape index (κ1) is 17.1. The molecule has 0 aliphatic rings. The van der Waals surface area contributed by atoms with Gasteiger partial charge in [0.1, 0.15) is 5.82 Å². The number of nitrogens with one attached hydrogen (secondary N) is 1. The third-order valence-corrected chi connectivity index (χ3v) is 4.36. The zero-order chi connectivity index (χ0) is 17.6. The van der Waals surface area contributed by atoms with Crippen molar-refractivity contribution in [3.05, 3.63) is 65.6 Å². The average Bonchev–Trinajstić information content (AvgIpc) is 3.03. The lowest BCUT2D eigenvalue weighted by atomic mass is 10.1. The number of benzene rings is 2. The van der Waals surface area contributed by atoms with Crippen LogP contribution in [-0.4, -0.2) is 22.2 Å². The Bertz CT molecular complexity index is 872. The van der Waals surface area contributed by atoms with E-state index in [1.54, 1.807) is 12.1 Å². The Kier molecular flexibility index (Phi) is 5.43. The van der Waals surface area contributed by atoms with Crippen molar-refractivity contribution >= 4 is 16.8 Å². The fourth-order valence-corrected chi connectivity index (χ4v) is 2.93. The van der Waals surface area contributed by atoms with E-state index in [-0.39, 0.29) is 11.7 Å². The van der Waals surface area contributed by atoms with E-state index in [1.165, 1.54) is 11.6 Å². The van der Waals surface area contributed by atoms with E-state index in [0.29, 0.717) is 31.5 Å². The van der Waals surface area contributed by atoms with Gasteiger partial charge < -0.3 is 5.32 Å². The minimum Gasteiger partial charge on any atom is -0.356 e. The smallest absolute Gasteiger partial charge is 0.221 e. The summed E-state index contributed by atoms with van der Waals surface area (Å²) >= 11 is 0. The van der Waals surface area contributed by atoms with Gasteiger partial charge in [-0.2, -0.15) is 5.10 Å². The van der Waals surface area contributed by atoms with Crippen LogP contribution in [0, 0.1) is 12.7 Å². The van der Waals surface area contributed by atoms with Gasteiger partial charge in [-0.1, -0.05) is 30.3 Å². The van der Waals surface area contributed by atoms with Gasteiger partial charge in [0.15, 0.2) is 0 Å². The molecule has 0 saturated heterocycles. The summed E-state index contributed by atoms with van der Waals surface area (Å²) in [7, 11) is 0. The number of halogens is 1. The SMILES string of the molecule is Cc1cccc2c1cnn2CCC(=O)NCCCc1ccccc1F. The number of aryl methyl sites for hydroxylation is 3. The summed E-state index contributed by atoms with van der Waals surface area (Å²) in [4.78, 5) is 12.0. The molecule has 0 atom stereocenters. The van der Waals surface area contributed by atoms with Crippen LogP contribution in [0.1, 0.15) is 24.0 Å². The number of rotatable bonds is 7. The van der Waals surface area contributed by atoms with Crippen molar-refractivity contribution in [1.29, 1.82) is 0 Å². The summed E-state index contributed by atoms with van der Waals surface area (Å²) in [5, 5.41) is 8.38. The first-order valence-electron chi connectivity index (χ1n) is 8.56. The molecule has 0 spiro atoms. The molecule has 0 unspecified atom stereocenters. The highest BCUT2D eigenvalue weighted by Crippen LogP contribution is 2.17. The van der Waals surface area contributed by atoms with Gasteiger partial charge in [-0.15, -0.1) is 0 Å². The Labute approximate surface area is 146 Å². The Hall–Kier alpha value is -2.69. The molecule has 4 nitrogen and oxygen atoms in total. The van der Waals surface area contributed by atoms with Crippen LogP contribution in [-0.2, 0) is 17.8 Å². The lowest BCUT2D eigenvalue weighted by Crippen LogP contribution is -2.26. The second-order valence-corrected chi connectivity index (χ2v) is 6.17. The van der Waals surface area contributed by atoms with Crippen molar-refractivity contribution in [1.82, 2.24) is 15.1 Å². The van der Waals surface area contributed by atoms with Gasteiger partial charge >= 0.3 is 0 Å². The molecule has 0 saturated carbocycles. The van der Waals surface area contributed by atoms with Crippen molar-refractivity contribution < 1.29 is 9.18 Å². The third-order valence-electron chi connectivity index (χ3n) is 4.36. The van der Waals surface area contributed by atoms with Crippen molar-refractivity contribution in [3.63, 3.8) is 0 Å². The Balaban J connectivity index is 1.44. The second-order valence-electron chi connectivity index (χ2n) is 6.17. The summed E-state index contributed by atoms with van der Waals surface area (Å²) in [5.41, 5.74) is 2.92. The van der Waals surface area contributed by atoms with Gasteiger partial charge in [0.05, 0.1) is 18.3 Å². The molecule has 3 aromatic rings. The summed E-state index contributed by atoms with van der Waals surface area (Å²) in [6.07, 6.45) is 3.56. The molecule has 1 heterocycles. The summed E-state index contributed by atoms with van der Waals surface area (Å²) in [6.45, 7) is 3.15. The van der Waals surface area contributed by atoms with E-state index >= 15 is 0 Å². The maximum absolute atomic E-state index is 13.5. The van der Waals surface area contributed by atoms with E-state index < -0.39 is 0 Å². The van der Waals surface area contributed by atoms with Crippen molar-refractivity contribution in [2.24, 2.45) is 0 Å². The lowest BCUT2D eigenvalue weighted by Gasteiger charge is -2.07. The lowest BCUT2D eigenvalue weighted by molar-refractivity contribution is -0.121. The van der Waals surface area contributed by atoms with Crippen LogP contribution in [0.25, 0.3) is 10.9 Å². The number of fused-ring (bicyclic) bond motifs is 1. The third kappa shape index (κ3) is 4.24. The summed E-state index contributed by atoms with van der Waals surface area (Å²) in [5.74, 6) is -0.195. The van der Waals surface area contributed by atoms with Crippen LogP contribution in [0.3, 0.4) is 0 Å². The van der Waals surface area contributed by atoms with Gasteiger partial charge in [-0.25, -0.2) is 4.39 Å². The quantitative estimate of drug-likeness (QED) is 0.668. The van der Waals surface area contributed by atoms with Crippen molar-refractivity contribution in [3.8, 4) is 0 Å². The van der Waals surface area contributed by atoms with Crippen LogP contribution in [0.5, 0.6) is 0 Å². The standard InChI is InChI=1S/C20H22FN3O/c1-15-6-4-10-19-17(15)14-23-24(19)13-11-20(25)22-12-5-8-16-7-2-3-9-18(16)21/h2-4,6-7,9-10,14H,5,8,11-13H2,1H3,(H,22,25). The van der Waals surface area contributed by atoms with Crippen LogP contribution in [0.2, 0.25) is 0 Å². The fourth-order valence-electron chi connectivity index (χ4n) is 2.93. The molecular formula is C20H22FN3O. The van der Waals surface area contributed by atoms with E-state index in [0.717, 1.165) is 17.3 Å². The Morgan fingerprint density at radius 3 is 2.88 bits per heavy atom. The number of hydrogen-bond donors (Lipinski definition) is 1. The first-order chi connectivity index (χ1) is 12.1. The minimum absolute atomic E-state index is 0.00941. The van der Waals surface area contributed by atoms with E-state index in [2.05, 4.69) is 23.4 Å². The summed E-state index contributed by atoms with van der Waals surface area (Å²) < 4.78 is 15.4. The normalized spacial score (nSPS) is 11.0. The molecule has 0 fully saturated rings. The molecular weight excluding hydrogens is 317 g/mol. The van der Waals surface area contributed by atoms with E-state index in [9.17, 15) is 9.18 Å². The minimum atomic E-state index is -0.185. The highest BCUT2D eigenvalue weighted by atomic mass is 19.1. The van der Waals surface area contributed by atoms with Gasteiger partial charge in [0, 0.05) is 18.4 Å². The summed E-state index contributed by atoms with van der Waals surface area (Å²) in [6, 6.07) is 12.8. The number of aromatic nitrogens is 2. The zero-order valence-electron chi connectivity index (χ0n) is 14.3. The molecule has 5 heteroatoms. The molecule has 0 aliphatic carbocycles. The molecule has 1 N–H and O–H groups in total. The highest BCUT2D eigenvalue weighted by Gasteiger charge is 2.07. The molecule has 0 bridgehead atoms. The molecule has 1 aromatic heterocycles. The Morgan fingerprint density at radius 2 is 2.04 bits per heavy atom. The van der Waals surface area contributed by atoms with E-state index in [4.69, 9.17) is 0 Å². The number of hydrogen-bond acceptors (Lipinski definition) is 2. The fraction of sp³-hybridized carbons (Fsp3) is 0.300. The first-order valence-corrected chi connectivity index (χ1v) is 8.56. The molecule has 130 valence electrons. The number of amides is 1. The van der Waals surface area contributed by atoms with Gasteiger partial charge in [-0.3, -0.25) is 9.48 Å². The Morgan fingerprint density at radius 1 is 1.20 bits per heavy atom. The van der Waals surface area contributed by atoms with Gasteiger partial charge in [0.25, 0.3) is 0 Å². The molecule has 0 radical (unpaired) electrons. The monoisotopic (exact) mass is 339 g/mol. The second kappa shape index (κ2) is 7.92. The molecule has 1 amide bonds. The predicted octanol–water partition coefficient (Wildman–Crippen LogP) is 3.62. The average molecular weight is 339 g/mol. The highest BCUT2D eigenvalue weighted by molar-refractivity contribution is 5.82. The maximum atomic E-state index is 13.5. The van der Waals surface area contributed by atoms with Gasteiger partial charge in [0.2, 0.25) is 5.91 Å². The van der Waals surface area contributed by atoms with E-state index in [1.807, 2.05) is 29.1 Å². The number of carbonyl (C=O) groups excluding carboxylic acids is 1. The molecule has 3 rings (SSSR count). The molecule has 0 aliphatic heterocycles. The topological polar surface area (TPSA) is 46.9 Å². The zero-order valence-corrected chi connectivity index (χ0v) is 14.3. The number of carbonyl (C=O) groups is 1. The van der Waals surface area contributed by atoms with Crippen LogP contribution in [0.15, 0.2) is 48.7 Å². The van der Waals surface area contributed by atoms with Crippen LogP contribution in [0.4, 0.5) is 4.39 Å². The van der Waals surface area contributed by atoms with Crippen LogP contribution >= 0.6 is 0 Å².